The zero-order valence-corrected chi connectivity index (χ0v) is 14.7. The lowest BCUT2D eigenvalue weighted by molar-refractivity contribution is -0.120. The van der Waals surface area contributed by atoms with Gasteiger partial charge < -0.3 is 9.88 Å². The van der Waals surface area contributed by atoms with Crippen molar-refractivity contribution in [1.29, 1.82) is 0 Å². The lowest BCUT2D eigenvalue weighted by Crippen LogP contribution is -2.38. The Hall–Kier alpha value is -2.28. The van der Waals surface area contributed by atoms with Crippen molar-refractivity contribution in [3.8, 4) is 0 Å². The van der Waals surface area contributed by atoms with Gasteiger partial charge in [0, 0.05) is 22.6 Å². The summed E-state index contributed by atoms with van der Waals surface area (Å²) >= 11 is 3.42. The molecule has 1 aliphatic rings. The van der Waals surface area contributed by atoms with Crippen molar-refractivity contribution in [2.75, 3.05) is 4.90 Å². The van der Waals surface area contributed by atoms with Crippen molar-refractivity contribution in [2.45, 2.75) is 25.3 Å². The van der Waals surface area contributed by atoms with Crippen LogP contribution in [-0.2, 0) is 4.79 Å². The molecule has 0 aliphatic carbocycles. The maximum atomic E-state index is 13.7. The molecule has 4 nitrogen and oxygen atoms in total. The first-order valence-corrected chi connectivity index (χ1v) is 8.74. The number of carbonyl (C=O) groups is 1. The third kappa shape index (κ3) is 2.93. The van der Waals surface area contributed by atoms with Crippen LogP contribution in [0, 0.1) is 11.6 Å². The predicted octanol–water partition coefficient (Wildman–Crippen LogP) is 4.86. The molecule has 0 spiro atoms. The smallest absolute Gasteiger partial charge is 0.227 e. The van der Waals surface area contributed by atoms with E-state index >= 15 is 0 Å². The van der Waals surface area contributed by atoms with E-state index in [2.05, 4.69) is 25.9 Å². The summed E-state index contributed by atoms with van der Waals surface area (Å²) in [4.78, 5) is 21.9. The minimum absolute atomic E-state index is 0.121. The quantitative estimate of drug-likeness (QED) is 0.661. The topological polar surface area (TPSA) is 49.0 Å². The maximum absolute atomic E-state index is 13.7. The first-order valence-electron chi connectivity index (χ1n) is 7.95. The summed E-state index contributed by atoms with van der Waals surface area (Å²) < 4.78 is 27.8. The molecule has 0 unspecified atom stereocenters. The highest BCUT2D eigenvalue weighted by molar-refractivity contribution is 9.10. The molecule has 0 bridgehead atoms. The van der Waals surface area contributed by atoms with Crippen molar-refractivity contribution in [1.82, 2.24) is 9.97 Å². The van der Waals surface area contributed by atoms with E-state index in [1.165, 1.54) is 11.0 Å². The van der Waals surface area contributed by atoms with Crippen molar-refractivity contribution >= 4 is 38.6 Å². The SMILES string of the molecule is O=C1CCC[C@@H](c2nc3ccc(Br)cc3[nH]2)N1c1ccc(F)c(F)c1. The van der Waals surface area contributed by atoms with E-state index < -0.39 is 11.6 Å². The monoisotopic (exact) mass is 405 g/mol. The Morgan fingerprint density at radius 1 is 1.16 bits per heavy atom. The summed E-state index contributed by atoms with van der Waals surface area (Å²) in [5.74, 6) is -1.38. The Morgan fingerprint density at radius 2 is 2.00 bits per heavy atom. The average Bonchev–Trinajstić information content (AvgIpc) is 3.00. The predicted molar refractivity (Wildman–Crippen MR) is 94.2 cm³/mol. The van der Waals surface area contributed by atoms with Gasteiger partial charge in [0.25, 0.3) is 0 Å². The van der Waals surface area contributed by atoms with E-state index in [0.717, 1.165) is 34.1 Å². The number of aromatic amines is 1. The second-order valence-corrected chi connectivity index (χ2v) is 6.97. The van der Waals surface area contributed by atoms with Gasteiger partial charge >= 0.3 is 0 Å². The van der Waals surface area contributed by atoms with Gasteiger partial charge in [0.1, 0.15) is 5.82 Å². The Bertz CT molecular complexity index is 972. The molecule has 25 heavy (non-hydrogen) atoms. The summed E-state index contributed by atoms with van der Waals surface area (Å²) in [7, 11) is 0. The van der Waals surface area contributed by atoms with Crippen molar-refractivity contribution in [2.24, 2.45) is 0 Å². The van der Waals surface area contributed by atoms with Crippen LogP contribution < -0.4 is 4.90 Å². The van der Waals surface area contributed by atoms with Crippen LogP contribution >= 0.6 is 15.9 Å². The van der Waals surface area contributed by atoms with Crippen LogP contribution in [0.1, 0.15) is 31.1 Å². The highest BCUT2D eigenvalue weighted by Gasteiger charge is 2.33. The van der Waals surface area contributed by atoms with Gasteiger partial charge in [0.05, 0.1) is 17.1 Å². The molecule has 3 aromatic rings. The number of imidazole rings is 1. The second kappa shape index (κ2) is 6.22. The molecule has 1 saturated heterocycles. The molecule has 0 radical (unpaired) electrons. The number of carbonyl (C=O) groups excluding carboxylic acids is 1. The van der Waals surface area contributed by atoms with Crippen molar-refractivity contribution < 1.29 is 13.6 Å². The first kappa shape index (κ1) is 16.2. The van der Waals surface area contributed by atoms with Crippen LogP contribution in [0.4, 0.5) is 14.5 Å². The van der Waals surface area contributed by atoms with Gasteiger partial charge in [0.15, 0.2) is 11.6 Å². The van der Waals surface area contributed by atoms with E-state index in [1.54, 1.807) is 0 Å². The zero-order valence-electron chi connectivity index (χ0n) is 13.1. The Morgan fingerprint density at radius 3 is 2.80 bits per heavy atom. The highest BCUT2D eigenvalue weighted by atomic mass is 79.9. The summed E-state index contributed by atoms with van der Waals surface area (Å²) in [5.41, 5.74) is 1.99. The number of H-pyrrole nitrogens is 1. The number of fused-ring (bicyclic) bond motifs is 1. The van der Waals surface area contributed by atoms with Crippen LogP contribution in [0.15, 0.2) is 40.9 Å². The first-order chi connectivity index (χ1) is 12.0. The minimum Gasteiger partial charge on any atom is -0.340 e. The number of hydrogen-bond acceptors (Lipinski definition) is 2. The van der Waals surface area contributed by atoms with Gasteiger partial charge in [-0.05, 0) is 43.2 Å². The number of piperidine rings is 1. The number of benzene rings is 2. The zero-order chi connectivity index (χ0) is 17.6. The summed E-state index contributed by atoms with van der Waals surface area (Å²) in [6.07, 6.45) is 1.80. The van der Waals surface area contributed by atoms with Crippen LogP contribution in [0.2, 0.25) is 0 Å². The largest absolute Gasteiger partial charge is 0.340 e. The molecule has 128 valence electrons. The fourth-order valence-electron chi connectivity index (χ4n) is 3.25. The van der Waals surface area contributed by atoms with Crippen LogP contribution in [0.3, 0.4) is 0 Å². The molecule has 1 atom stereocenters. The number of aromatic nitrogens is 2. The average molecular weight is 406 g/mol. The van der Waals surface area contributed by atoms with Crippen molar-refractivity contribution in [3.63, 3.8) is 0 Å². The third-order valence-corrected chi connectivity index (χ3v) is 4.90. The standard InChI is InChI=1S/C18H14BrF2N3O/c19-10-4-7-14-15(8-10)23-18(22-14)16-2-1-3-17(25)24(16)11-5-6-12(20)13(21)9-11/h4-9,16H,1-3H2,(H,22,23)/t16-/m0/s1. The van der Waals surface area contributed by atoms with Crippen LogP contribution in [0.5, 0.6) is 0 Å². The van der Waals surface area contributed by atoms with Gasteiger partial charge in [-0.1, -0.05) is 15.9 Å². The molecule has 1 aliphatic heterocycles. The van der Waals surface area contributed by atoms with E-state index in [-0.39, 0.29) is 11.9 Å². The summed E-state index contributed by atoms with van der Waals surface area (Å²) in [6.45, 7) is 0. The normalized spacial score (nSPS) is 18.1. The van der Waals surface area contributed by atoms with Gasteiger partial charge in [-0.25, -0.2) is 13.8 Å². The van der Waals surface area contributed by atoms with Gasteiger partial charge in [0.2, 0.25) is 5.91 Å². The molecule has 1 N–H and O–H groups in total. The molecular weight excluding hydrogens is 392 g/mol. The number of rotatable bonds is 2. The van der Waals surface area contributed by atoms with Crippen LogP contribution in [-0.4, -0.2) is 15.9 Å². The second-order valence-electron chi connectivity index (χ2n) is 6.05. The number of anilines is 1. The highest BCUT2D eigenvalue weighted by Crippen LogP contribution is 2.36. The number of nitrogens with zero attached hydrogens (tertiary/aromatic N) is 2. The van der Waals surface area contributed by atoms with Gasteiger partial charge in [-0.3, -0.25) is 4.79 Å². The van der Waals surface area contributed by atoms with Gasteiger partial charge in [-0.15, -0.1) is 0 Å². The fourth-order valence-corrected chi connectivity index (χ4v) is 3.61. The van der Waals surface area contributed by atoms with E-state index in [1.807, 2.05) is 18.2 Å². The Labute approximate surface area is 151 Å². The lowest BCUT2D eigenvalue weighted by Gasteiger charge is -2.34. The Balaban J connectivity index is 1.78. The molecule has 7 heteroatoms. The Kier molecular flexibility index (Phi) is 4.03. The fraction of sp³-hybridized carbons (Fsp3) is 0.222. The van der Waals surface area contributed by atoms with E-state index in [4.69, 9.17) is 0 Å². The molecular formula is C18H14BrF2N3O. The van der Waals surface area contributed by atoms with Crippen LogP contribution in [0.25, 0.3) is 11.0 Å². The number of halogens is 3. The third-order valence-electron chi connectivity index (χ3n) is 4.41. The molecule has 2 heterocycles. The molecule has 2 aromatic carbocycles. The van der Waals surface area contributed by atoms with Gasteiger partial charge in [-0.2, -0.15) is 0 Å². The van der Waals surface area contributed by atoms with E-state index in [9.17, 15) is 13.6 Å². The molecule has 4 rings (SSSR count). The number of amides is 1. The molecule has 1 aromatic heterocycles. The number of nitrogens with one attached hydrogen (secondary N) is 1. The minimum atomic E-state index is -0.969. The maximum Gasteiger partial charge on any atom is 0.227 e. The lowest BCUT2D eigenvalue weighted by atomic mass is 10.00. The number of hydrogen-bond donors (Lipinski definition) is 1. The molecule has 1 fully saturated rings. The summed E-state index contributed by atoms with van der Waals surface area (Å²) in [6, 6.07) is 8.88. The molecule has 0 saturated carbocycles. The van der Waals surface area contributed by atoms with E-state index in [0.29, 0.717) is 24.4 Å². The summed E-state index contributed by atoms with van der Waals surface area (Å²) in [5, 5.41) is 0. The van der Waals surface area contributed by atoms with Crippen molar-refractivity contribution in [3.05, 3.63) is 58.3 Å². The molecule has 1 amide bonds.